The summed E-state index contributed by atoms with van der Waals surface area (Å²) in [5.41, 5.74) is 4.01. The summed E-state index contributed by atoms with van der Waals surface area (Å²) in [4.78, 5) is 15.7. The van der Waals surface area contributed by atoms with E-state index in [1.54, 1.807) is 12.1 Å². The summed E-state index contributed by atoms with van der Waals surface area (Å²) in [6.45, 7) is 3.76. The van der Waals surface area contributed by atoms with Gasteiger partial charge in [-0.3, -0.25) is 4.79 Å². The molecule has 2 aliphatic rings. The molecule has 6 heteroatoms. The van der Waals surface area contributed by atoms with Crippen LogP contribution in [-0.4, -0.2) is 29.6 Å². The summed E-state index contributed by atoms with van der Waals surface area (Å²) >= 11 is 12.1. The number of nitrogens with zero attached hydrogens (tertiary/aromatic N) is 3. The third kappa shape index (κ3) is 3.67. The zero-order chi connectivity index (χ0) is 19.7. The van der Waals surface area contributed by atoms with E-state index in [0.717, 1.165) is 42.9 Å². The van der Waals surface area contributed by atoms with Gasteiger partial charge in [-0.15, -0.1) is 0 Å². The maximum atomic E-state index is 13.4. The molecular weight excluding hydrogens is 393 g/mol. The van der Waals surface area contributed by atoms with Gasteiger partial charge >= 0.3 is 0 Å². The molecule has 0 aliphatic carbocycles. The molecule has 2 aliphatic heterocycles. The molecule has 0 spiro atoms. The SMILES string of the molecule is CC1=NN(c2ccc(Cl)cc2)C(=O)/C1=C(/c1ccc(Cl)cc1)N1CCCCC1. The predicted octanol–water partition coefficient (Wildman–Crippen LogP) is 5.61. The first-order valence-electron chi connectivity index (χ1n) is 9.45. The van der Waals surface area contributed by atoms with E-state index in [1.807, 2.05) is 43.3 Å². The Labute approximate surface area is 175 Å². The number of likely N-dealkylation sites (tertiary alicyclic amines) is 1. The van der Waals surface area contributed by atoms with Crippen molar-refractivity contribution >= 4 is 46.2 Å². The first kappa shape index (κ1) is 19.0. The Morgan fingerprint density at radius 2 is 1.46 bits per heavy atom. The third-order valence-electron chi connectivity index (χ3n) is 5.12. The molecule has 2 aromatic carbocycles. The van der Waals surface area contributed by atoms with Gasteiger partial charge in [-0.2, -0.15) is 10.1 Å². The molecule has 2 aromatic rings. The van der Waals surface area contributed by atoms with Gasteiger partial charge in [0.15, 0.2) is 0 Å². The normalized spacial score (nSPS) is 19.1. The molecule has 1 saturated heterocycles. The second-order valence-corrected chi connectivity index (χ2v) is 7.93. The van der Waals surface area contributed by atoms with Crippen LogP contribution in [0.25, 0.3) is 5.70 Å². The zero-order valence-corrected chi connectivity index (χ0v) is 17.2. The van der Waals surface area contributed by atoms with E-state index >= 15 is 0 Å². The summed E-state index contributed by atoms with van der Waals surface area (Å²) in [6.07, 6.45) is 3.46. The Balaban J connectivity index is 1.81. The minimum atomic E-state index is -0.115. The van der Waals surface area contributed by atoms with Crippen LogP contribution in [0.15, 0.2) is 59.2 Å². The van der Waals surface area contributed by atoms with Crippen LogP contribution in [0.4, 0.5) is 5.69 Å². The van der Waals surface area contributed by atoms with Crippen molar-refractivity contribution in [2.75, 3.05) is 18.1 Å². The summed E-state index contributed by atoms with van der Waals surface area (Å²) in [5.74, 6) is -0.115. The molecule has 0 N–H and O–H groups in total. The van der Waals surface area contributed by atoms with Gasteiger partial charge < -0.3 is 4.90 Å². The Kier molecular flexibility index (Phi) is 5.42. The third-order valence-corrected chi connectivity index (χ3v) is 5.62. The molecule has 1 fully saturated rings. The number of piperidine rings is 1. The minimum Gasteiger partial charge on any atom is -0.370 e. The Bertz CT molecular complexity index is 943. The Morgan fingerprint density at radius 3 is 2.07 bits per heavy atom. The van der Waals surface area contributed by atoms with Crippen LogP contribution in [-0.2, 0) is 4.79 Å². The van der Waals surface area contributed by atoms with Gasteiger partial charge in [0.05, 0.1) is 22.7 Å². The van der Waals surface area contributed by atoms with Crippen molar-refractivity contribution in [3.8, 4) is 0 Å². The van der Waals surface area contributed by atoms with E-state index in [4.69, 9.17) is 23.2 Å². The lowest BCUT2D eigenvalue weighted by atomic mass is 9.99. The van der Waals surface area contributed by atoms with Gasteiger partial charge in [0.1, 0.15) is 0 Å². The smallest absolute Gasteiger partial charge is 0.282 e. The fourth-order valence-corrected chi connectivity index (χ4v) is 4.00. The second-order valence-electron chi connectivity index (χ2n) is 7.06. The fraction of sp³-hybridized carbons (Fsp3) is 0.273. The van der Waals surface area contributed by atoms with Crippen LogP contribution in [0.5, 0.6) is 0 Å². The number of carbonyl (C=O) groups excluding carboxylic acids is 1. The van der Waals surface area contributed by atoms with Crippen LogP contribution in [0.1, 0.15) is 31.7 Å². The van der Waals surface area contributed by atoms with Gasteiger partial charge in [-0.05, 0) is 68.1 Å². The molecule has 0 aromatic heterocycles. The number of benzene rings is 2. The maximum absolute atomic E-state index is 13.4. The summed E-state index contributed by atoms with van der Waals surface area (Å²) < 4.78 is 0. The lowest BCUT2D eigenvalue weighted by Gasteiger charge is -2.32. The molecule has 4 rings (SSSR count). The van der Waals surface area contributed by atoms with Crippen molar-refractivity contribution < 1.29 is 4.79 Å². The topological polar surface area (TPSA) is 35.9 Å². The highest BCUT2D eigenvalue weighted by molar-refractivity contribution is 6.34. The standard InChI is InChI=1S/C22H21Cl2N3O/c1-15-20(22(28)27(25-15)19-11-9-18(24)10-12-19)21(26-13-3-2-4-14-26)16-5-7-17(23)8-6-16/h5-12H,2-4,13-14H2,1H3/b21-20-. The van der Waals surface area contributed by atoms with Crippen LogP contribution in [0.2, 0.25) is 10.0 Å². The van der Waals surface area contributed by atoms with Gasteiger partial charge in [0, 0.05) is 23.1 Å². The molecule has 0 radical (unpaired) electrons. The van der Waals surface area contributed by atoms with Gasteiger partial charge in [0.2, 0.25) is 0 Å². The molecule has 144 valence electrons. The van der Waals surface area contributed by atoms with Gasteiger partial charge in [0.25, 0.3) is 5.91 Å². The van der Waals surface area contributed by atoms with Crippen molar-refractivity contribution in [2.45, 2.75) is 26.2 Å². The van der Waals surface area contributed by atoms with E-state index in [-0.39, 0.29) is 5.91 Å². The lowest BCUT2D eigenvalue weighted by molar-refractivity contribution is -0.114. The van der Waals surface area contributed by atoms with Gasteiger partial charge in [-0.25, -0.2) is 0 Å². The first-order valence-corrected chi connectivity index (χ1v) is 10.2. The van der Waals surface area contributed by atoms with Crippen molar-refractivity contribution in [1.29, 1.82) is 0 Å². The predicted molar refractivity (Wildman–Crippen MR) is 116 cm³/mol. The van der Waals surface area contributed by atoms with Crippen molar-refractivity contribution in [1.82, 2.24) is 4.90 Å². The van der Waals surface area contributed by atoms with E-state index in [1.165, 1.54) is 11.4 Å². The highest BCUT2D eigenvalue weighted by atomic mass is 35.5. The molecule has 28 heavy (non-hydrogen) atoms. The van der Waals surface area contributed by atoms with Gasteiger partial charge in [-0.1, -0.05) is 35.3 Å². The number of carbonyl (C=O) groups is 1. The van der Waals surface area contributed by atoms with Crippen molar-refractivity contribution in [2.24, 2.45) is 5.10 Å². The second kappa shape index (κ2) is 7.98. The van der Waals surface area contributed by atoms with Crippen LogP contribution in [0.3, 0.4) is 0 Å². The highest BCUT2D eigenvalue weighted by Gasteiger charge is 2.34. The average molecular weight is 414 g/mol. The summed E-state index contributed by atoms with van der Waals surface area (Å²) in [7, 11) is 0. The van der Waals surface area contributed by atoms with Crippen LogP contribution in [0, 0.1) is 0 Å². The largest absolute Gasteiger partial charge is 0.370 e. The highest BCUT2D eigenvalue weighted by Crippen LogP contribution is 2.33. The van der Waals surface area contributed by atoms with Crippen LogP contribution < -0.4 is 5.01 Å². The quantitative estimate of drug-likeness (QED) is 0.612. The van der Waals surface area contributed by atoms with Crippen LogP contribution >= 0.6 is 23.2 Å². The molecule has 4 nitrogen and oxygen atoms in total. The number of anilines is 1. The lowest BCUT2D eigenvalue weighted by Crippen LogP contribution is -2.32. The molecule has 0 unspecified atom stereocenters. The van der Waals surface area contributed by atoms with E-state index in [0.29, 0.717) is 21.3 Å². The summed E-state index contributed by atoms with van der Waals surface area (Å²) in [5, 5.41) is 7.32. The fourth-order valence-electron chi connectivity index (χ4n) is 3.75. The molecule has 2 heterocycles. The zero-order valence-electron chi connectivity index (χ0n) is 15.7. The maximum Gasteiger partial charge on any atom is 0.282 e. The summed E-state index contributed by atoms with van der Waals surface area (Å²) in [6, 6.07) is 14.8. The molecular formula is C22H21Cl2N3O. The van der Waals surface area contributed by atoms with Crippen molar-refractivity contribution in [3.05, 3.63) is 69.7 Å². The van der Waals surface area contributed by atoms with Crippen molar-refractivity contribution in [3.63, 3.8) is 0 Å². The number of hydrazone groups is 1. The Morgan fingerprint density at radius 1 is 0.893 bits per heavy atom. The first-order chi connectivity index (χ1) is 13.5. The number of halogens is 2. The monoisotopic (exact) mass is 413 g/mol. The Hall–Kier alpha value is -2.30. The number of hydrogen-bond acceptors (Lipinski definition) is 3. The number of rotatable bonds is 3. The van der Waals surface area contributed by atoms with E-state index in [9.17, 15) is 4.79 Å². The number of hydrogen-bond donors (Lipinski definition) is 0. The van der Waals surface area contributed by atoms with E-state index < -0.39 is 0 Å². The molecule has 0 atom stereocenters. The average Bonchev–Trinajstić information content (AvgIpc) is 3.00. The van der Waals surface area contributed by atoms with E-state index in [2.05, 4.69) is 10.0 Å². The molecule has 1 amide bonds. The minimum absolute atomic E-state index is 0.115. The molecule has 0 saturated carbocycles. The molecule has 0 bridgehead atoms. The number of amides is 1.